The predicted molar refractivity (Wildman–Crippen MR) is 207 cm³/mol. The van der Waals surface area contributed by atoms with Crippen LogP contribution in [-0.2, 0) is 0 Å². The SMILES string of the molecule is c1ccc(N2c3ccccc3-c3ccc(-c4ccnc(-c5ccc6c7ccccc7c7ccccc7c6c5)c4)cc3-c3ccccc32)cc1. The lowest BCUT2D eigenvalue weighted by molar-refractivity contribution is 1.29. The second-order valence-corrected chi connectivity index (χ2v) is 12.7. The van der Waals surface area contributed by atoms with Crippen molar-refractivity contribution in [3.8, 4) is 44.6 Å². The van der Waals surface area contributed by atoms with Crippen LogP contribution in [0.15, 0.2) is 182 Å². The molecule has 0 unspecified atom stereocenters. The summed E-state index contributed by atoms with van der Waals surface area (Å²) in [6, 6.07) is 63.7. The topological polar surface area (TPSA) is 16.1 Å². The summed E-state index contributed by atoms with van der Waals surface area (Å²) in [4.78, 5) is 7.28. The highest BCUT2D eigenvalue weighted by Gasteiger charge is 2.26. The first-order chi connectivity index (χ1) is 24.3. The predicted octanol–water partition coefficient (Wildman–Crippen LogP) is 13.0. The van der Waals surface area contributed by atoms with Crippen molar-refractivity contribution in [1.29, 1.82) is 0 Å². The molecule has 0 aliphatic carbocycles. The minimum Gasteiger partial charge on any atom is -0.309 e. The maximum atomic E-state index is 4.89. The monoisotopic (exact) mass is 622 g/mol. The fraction of sp³-hybridized carbons (Fsp3) is 0. The highest BCUT2D eigenvalue weighted by atomic mass is 15.1. The normalized spacial score (nSPS) is 12.0. The Morgan fingerprint density at radius 1 is 0.327 bits per heavy atom. The first-order valence-electron chi connectivity index (χ1n) is 16.8. The average Bonchev–Trinajstić information content (AvgIpc) is 3.30. The van der Waals surface area contributed by atoms with Gasteiger partial charge in [0, 0.05) is 28.6 Å². The minimum atomic E-state index is 0.965. The van der Waals surface area contributed by atoms with E-state index in [0.717, 1.165) is 22.5 Å². The fourth-order valence-electron chi connectivity index (χ4n) is 7.79. The molecule has 1 aliphatic rings. The van der Waals surface area contributed by atoms with Gasteiger partial charge in [-0.05, 0) is 103 Å². The lowest BCUT2D eigenvalue weighted by atomic mass is 9.90. The van der Waals surface area contributed by atoms with Crippen LogP contribution in [0.4, 0.5) is 17.1 Å². The molecular formula is C47H30N2. The Kier molecular flexibility index (Phi) is 6.22. The Hall–Kier alpha value is -6.51. The van der Waals surface area contributed by atoms with E-state index in [-0.39, 0.29) is 0 Å². The van der Waals surface area contributed by atoms with Gasteiger partial charge in [-0.25, -0.2) is 0 Å². The Bertz CT molecular complexity index is 2690. The van der Waals surface area contributed by atoms with Crippen molar-refractivity contribution in [2.75, 3.05) is 4.90 Å². The number of aromatic nitrogens is 1. The molecule has 0 saturated carbocycles. The number of nitrogens with zero attached hydrogens (tertiary/aromatic N) is 2. The van der Waals surface area contributed by atoms with Crippen LogP contribution in [0.5, 0.6) is 0 Å². The molecule has 2 heteroatoms. The van der Waals surface area contributed by atoms with Gasteiger partial charge in [0.15, 0.2) is 0 Å². The number of hydrogen-bond donors (Lipinski definition) is 0. The number of anilines is 3. The Labute approximate surface area is 285 Å². The van der Waals surface area contributed by atoms with Crippen LogP contribution in [0.25, 0.3) is 77.0 Å². The summed E-state index contributed by atoms with van der Waals surface area (Å²) < 4.78 is 0. The molecule has 0 radical (unpaired) electrons. The maximum absolute atomic E-state index is 4.89. The zero-order chi connectivity index (χ0) is 32.3. The van der Waals surface area contributed by atoms with Gasteiger partial charge in [-0.3, -0.25) is 4.98 Å². The lowest BCUT2D eigenvalue weighted by Gasteiger charge is -2.27. The van der Waals surface area contributed by atoms with Gasteiger partial charge in [-0.2, -0.15) is 0 Å². The second-order valence-electron chi connectivity index (χ2n) is 12.7. The molecule has 1 aliphatic heterocycles. The van der Waals surface area contributed by atoms with Gasteiger partial charge in [0.1, 0.15) is 0 Å². The molecule has 10 rings (SSSR count). The van der Waals surface area contributed by atoms with Gasteiger partial charge in [-0.1, -0.05) is 127 Å². The molecule has 2 heterocycles. The van der Waals surface area contributed by atoms with Gasteiger partial charge in [0.2, 0.25) is 0 Å². The molecule has 9 aromatic rings. The molecule has 0 bridgehead atoms. The van der Waals surface area contributed by atoms with E-state index in [9.17, 15) is 0 Å². The van der Waals surface area contributed by atoms with Crippen molar-refractivity contribution in [3.63, 3.8) is 0 Å². The largest absolute Gasteiger partial charge is 0.309 e. The summed E-state index contributed by atoms with van der Waals surface area (Å²) in [7, 11) is 0. The molecule has 2 nitrogen and oxygen atoms in total. The van der Waals surface area contributed by atoms with Crippen molar-refractivity contribution >= 4 is 49.4 Å². The second kappa shape index (κ2) is 11.0. The van der Waals surface area contributed by atoms with Gasteiger partial charge >= 0.3 is 0 Å². The molecule has 228 valence electrons. The van der Waals surface area contributed by atoms with Crippen molar-refractivity contribution in [1.82, 2.24) is 4.98 Å². The molecule has 0 spiro atoms. The van der Waals surface area contributed by atoms with Crippen LogP contribution in [-0.4, -0.2) is 4.98 Å². The van der Waals surface area contributed by atoms with Crippen molar-refractivity contribution < 1.29 is 0 Å². The molecule has 49 heavy (non-hydrogen) atoms. The summed E-state index contributed by atoms with van der Waals surface area (Å²) in [5, 5.41) is 7.64. The van der Waals surface area contributed by atoms with E-state index in [1.165, 1.54) is 71.5 Å². The molecule has 1 aromatic heterocycles. The van der Waals surface area contributed by atoms with E-state index >= 15 is 0 Å². The standard InChI is InChI=1S/C47H30N2/c1-2-12-34(13-3-1)49-46-20-10-8-18-41(46)40-24-22-31(28-44(40)42-19-9-11-21-47(42)49)32-26-27-48-45(30-32)33-23-25-39-37-16-5-4-14-35(37)36-15-6-7-17-38(36)43(39)29-33/h1-30H. The lowest BCUT2D eigenvalue weighted by Crippen LogP contribution is -2.10. The smallest absolute Gasteiger partial charge is 0.0708 e. The number of fused-ring (bicyclic) bond motifs is 11. The van der Waals surface area contributed by atoms with E-state index in [1.54, 1.807) is 0 Å². The summed E-state index contributed by atoms with van der Waals surface area (Å²) >= 11 is 0. The molecule has 0 N–H and O–H groups in total. The summed E-state index contributed by atoms with van der Waals surface area (Å²) in [6.45, 7) is 0. The van der Waals surface area contributed by atoms with Crippen molar-refractivity contribution in [2.45, 2.75) is 0 Å². The summed E-state index contributed by atoms with van der Waals surface area (Å²) in [6.07, 6.45) is 1.94. The van der Waals surface area contributed by atoms with Crippen molar-refractivity contribution in [2.24, 2.45) is 0 Å². The van der Waals surface area contributed by atoms with Gasteiger partial charge in [0.05, 0.1) is 17.1 Å². The van der Waals surface area contributed by atoms with E-state index in [4.69, 9.17) is 4.98 Å². The van der Waals surface area contributed by atoms with E-state index in [0.29, 0.717) is 0 Å². The molecule has 0 saturated heterocycles. The average molecular weight is 623 g/mol. The highest BCUT2D eigenvalue weighted by Crippen LogP contribution is 2.51. The minimum absolute atomic E-state index is 0.965. The van der Waals surface area contributed by atoms with Gasteiger partial charge < -0.3 is 4.90 Å². The molecule has 8 aromatic carbocycles. The summed E-state index contributed by atoms with van der Waals surface area (Å²) in [5.74, 6) is 0. The van der Waals surface area contributed by atoms with Crippen LogP contribution in [0, 0.1) is 0 Å². The van der Waals surface area contributed by atoms with Gasteiger partial charge in [-0.15, -0.1) is 0 Å². The van der Waals surface area contributed by atoms with Crippen LogP contribution < -0.4 is 4.90 Å². The quantitative estimate of drug-likeness (QED) is 0.182. The number of pyridine rings is 1. The van der Waals surface area contributed by atoms with Gasteiger partial charge in [0.25, 0.3) is 0 Å². The zero-order valence-corrected chi connectivity index (χ0v) is 26.7. The first-order valence-corrected chi connectivity index (χ1v) is 16.8. The molecule has 0 fully saturated rings. The Morgan fingerprint density at radius 3 is 1.55 bits per heavy atom. The van der Waals surface area contributed by atoms with Crippen molar-refractivity contribution in [3.05, 3.63) is 182 Å². The number of hydrogen-bond acceptors (Lipinski definition) is 2. The fourth-order valence-corrected chi connectivity index (χ4v) is 7.79. The van der Waals surface area contributed by atoms with E-state index in [2.05, 4.69) is 181 Å². The maximum Gasteiger partial charge on any atom is 0.0708 e. The number of rotatable bonds is 3. The van der Waals surface area contributed by atoms with E-state index < -0.39 is 0 Å². The van der Waals surface area contributed by atoms with Crippen LogP contribution >= 0.6 is 0 Å². The van der Waals surface area contributed by atoms with E-state index in [1.807, 2.05) is 6.20 Å². The number of benzene rings is 8. The zero-order valence-electron chi connectivity index (χ0n) is 26.7. The van der Waals surface area contributed by atoms with Crippen LogP contribution in [0.1, 0.15) is 0 Å². The third kappa shape index (κ3) is 4.38. The summed E-state index contributed by atoms with van der Waals surface area (Å²) in [5.41, 5.74) is 12.8. The molecular weight excluding hydrogens is 593 g/mol. The number of para-hydroxylation sites is 3. The molecule has 0 atom stereocenters. The van der Waals surface area contributed by atoms with Crippen LogP contribution in [0.3, 0.4) is 0 Å². The third-order valence-electron chi connectivity index (χ3n) is 10.0. The Balaban J connectivity index is 1.13. The molecule has 0 amide bonds. The Morgan fingerprint density at radius 2 is 0.857 bits per heavy atom. The first kappa shape index (κ1) is 27.6. The third-order valence-corrected chi connectivity index (χ3v) is 10.0. The van der Waals surface area contributed by atoms with Crippen LogP contribution in [0.2, 0.25) is 0 Å². The highest BCUT2D eigenvalue weighted by molar-refractivity contribution is 6.25.